The second kappa shape index (κ2) is 4.03. The maximum absolute atomic E-state index is 11.5. The Labute approximate surface area is 96.3 Å². The summed E-state index contributed by atoms with van der Waals surface area (Å²) in [5.41, 5.74) is 1.82. The minimum absolute atomic E-state index is 0.0437. The Bertz CT molecular complexity index is 505. The fourth-order valence-electron chi connectivity index (χ4n) is 1.42. The van der Waals surface area contributed by atoms with E-state index < -0.39 is 0 Å². The highest BCUT2D eigenvalue weighted by Crippen LogP contribution is 2.11. The molecule has 0 saturated heterocycles. The SMILES string of the molecule is Cc1cn(-c2ccccc2)cc(Br)c1=O. The third-order valence-electron chi connectivity index (χ3n) is 2.21. The van der Waals surface area contributed by atoms with Crippen LogP contribution in [-0.2, 0) is 0 Å². The molecule has 1 aromatic heterocycles. The van der Waals surface area contributed by atoms with E-state index in [1.54, 1.807) is 6.20 Å². The van der Waals surface area contributed by atoms with Crippen LogP contribution in [0.2, 0.25) is 0 Å². The van der Waals surface area contributed by atoms with Crippen molar-refractivity contribution < 1.29 is 0 Å². The second-order valence-electron chi connectivity index (χ2n) is 3.36. The van der Waals surface area contributed by atoms with Crippen molar-refractivity contribution in [2.75, 3.05) is 0 Å². The summed E-state index contributed by atoms with van der Waals surface area (Å²) in [6.07, 6.45) is 3.62. The number of aromatic nitrogens is 1. The Morgan fingerprint density at radius 2 is 1.80 bits per heavy atom. The first-order valence-corrected chi connectivity index (χ1v) is 5.41. The molecule has 0 aliphatic rings. The second-order valence-corrected chi connectivity index (χ2v) is 4.22. The van der Waals surface area contributed by atoms with Crippen LogP contribution in [0.25, 0.3) is 5.69 Å². The van der Waals surface area contributed by atoms with Crippen LogP contribution in [0.1, 0.15) is 5.56 Å². The molecule has 3 heteroatoms. The molecule has 0 atom stereocenters. The molecule has 0 bridgehead atoms. The molecular weight excluding hydrogens is 254 g/mol. The highest BCUT2D eigenvalue weighted by Gasteiger charge is 2.02. The van der Waals surface area contributed by atoms with Crippen molar-refractivity contribution in [3.8, 4) is 5.69 Å². The molecule has 0 unspecified atom stereocenters. The lowest BCUT2D eigenvalue weighted by atomic mass is 10.2. The quantitative estimate of drug-likeness (QED) is 0.776. The molecule has 0 radical (unpaired) electrons. The van der Waals surface area contributed by atoms with E-state index in [-0.39, 0.29) is 5.43 Å². The topological polar surface area (TPSA) is 22.0 Å². The van der Waals surface area contributed by atoms with Crippen LogP contribution in [0.5, 0.6) is 0 Å². The van der Waals surface area contributed by atoms with E-state index in [0.717, 1.165) is 11.3 Å². The molecule has 0 amide bonds. The van der Waals surface area contributed by atoms with Gasteiger partial charge in [0.2, 0.25) is 0 Å². The maximum atomic E-state index is 11.5. The van der Waals surface area contributed by atoms with E-state index in [4.69, 9.17) is 0 Å². The monoisotopic (exact) mass is 263 g/mol. The Morgan fingerprint density at radius 1 is 1.13 bits per heavy atom. The summed E-state index contributed by atoms with van der Waals surface area (Å²) >= 11 is 3.26. The summed E-state index contributed by atoms with van der Waals surface area (Å²) in [6, 6.07) is 9.90. The molecule has 0 N–H and O–H groups in total. The largest absolute Gasteiger partial charge is 0.322 e. The zero-order chi connectivity index (χ0) is 10.8. The third kappa shape index (κ3) is 2.02. The van der Waals surface area contributed by atoms with E-state index in [9.17, 15) is 4.79 Å². The van der Waals surface area contributed by atoms with Gasteiger partial charge in [-0.25, -0.2) is 0 Å². The minimum atomic E-state index is 0.0437. The summed E-state index contributed by atoms with van der Waals surface area (Å²) in [7, 11) is 0. The zero-order valence-electron chi connectivity index (χ0n) is 8.27. The molecule has 0 saturated carbocycles. The number of nitrogens with zero attached hydrogens (tertiary/aromatic N) is 1. The average molecular weight is 264 g/mol. The van der Waals surface area contributed by atoms with Crippen molar-refractivity contribution >= 4 is 15.9 Å². The molecule has 0 fully saturated rings. The van der Waals surface area contributed by atoms with Crippen molar-refractivity contribution in [2.45, 2.75) is 6.92 Å². The van der Waals surface area contributed by atoms with Crippen LogP contribution in [-0.4, -0.2) is 4.57 Å². The summed E-state index contributed by atoms with van der Waals surface area (Å²) in [5, 5.41) is 0. The number of benzene rings is 1. The molecule has 0 spiro atoms. The smallest absolute Gasteiger partial charge is 0.198 e. The number of aryl methyl sites for hydroxylation is 1. The number of rotatable bonds is 1. The van der Waals surface area contributed by atoms with Crippen molar-refractivity contribution in [1.82, 2.24) is 4.57 Å². The number of hydrogen-bond acceptors (Lipinski definition) is 1. The van der Waals surface area contributed by atoms with Gasteiger partial charge in [-0.3, -0.25) is 4.79 Å². The van der Waals surface area contributed by atoms with Gasteiger partial charge in [0.05, 0.1) is 4.47 Å². The molecule has 15 heavy (non-hydrogen) atoms. The molecular formula is C12H10BrNO. The Kier molecular flexibility index (Phi) is 2.73. The molecule has 0 aliphatic carbocycles. The Hall–Kier alpha value is -1.35. The van der Waals surface area contributed by atoms with Crippen LogP contribution >= 0.6 is 15.9 Å². The number of pyridine rings is 1. The van der Waals surface area contributed by atoms with Gasteiger partial charge in [-0.2, -0.15) is 0 Å². The van der Waals surface area contributed by atoms with Crippen LogP contribution < -0.4 is 5.43 Å². The minimum Gasteiger partial charge on any atom is -0.322 e. The molecule has 2 nitrogen and oxygen atoms in total. The molecule has 76 valence electrons. The van der Waals surface area contributed by atoms with E-state index >= 15 is 0 Å². The van der Waals surface area contributed by atoms with Crippen molar-refractivity contribution in [1.29, 1.82) is 0 Å². The van der Waals surface area contributed by atoms with E-state index in [1.165, 1.54) is 0 Å². The Morgan fingerprint density at radius 3 is 2.40 bits per heavy atom. The van der Waals surface area contributed by atoms with Gasteiger partial charge in [-0.1, -0.05) is 18.2 Å². The summed E-state index contributed by atoms with van der Waals surface area (Å²) < 4.78 is 2.52. The third-order valence-corrected chi connectivity index (χ3v) is 2.78. The standard InChI is InChI=1S/C12H10BrNO/c1-9-7-14(8-11(13)12(9)15)10-5-3-2-4-6-10/h2-8H,1H3. The first-order valence-electron chi connectivity index (χ1n) is 4.62. The zero-order valence-corrected chi connectivity index (χ0v) is 9.86. The normalized spacial score (nSPS) is 10.3. The summed E-state index contributed by atoms with van der Waals surface area (Å²) in [6.45, 7) is 1.81. The molecule has 1 heterocycles. The van der Waals surface area contributed by atoms with E-state index in [1.807, 2.05) is 48.0 Å². The molecule has 0 aliphatic heterocycles. The Balaban J connectivity index is 2.61. The number of halogens is 1. The van der Waals surface area contributed by atoms with Gasteiger partial charge >= 0.3 is 0 Å². The van der Waals surface area contributed by atoms with Crippen molar-refractivity contribution in [3.63, 3.8) is 0 Å². The number of para-hydroxylation sites is 1. The van der Waals surface area contributed by atoms with E-state index in [2.05, 4.69) is 15.9 Å². The average Bonchev–Trinajstić information content (AvgIpc) is 2.26. The van der Waals surface area contributed by atoms with Gasteiger partial charge in [0.1, 0.15) is 0 Å². The lowest BCUT2D eigenvalue weighted by Gasteiger charge is -2.07. The lowest BCUT2D eigenvalue weighted by Crippen LogP contribution is -2.10. The molecule has 2 aromatic rings. The van der Waals surface area contributed by atoms with Gasteiger partial charge in [0.25, 0.3) is 0 Å². The van der Waals surface area contributed by atoms with Gasteiger partial charge in [-0.05, 0) is 35.0 Å². The first kappa shape index (κ1) is 10.2. The molecule has 1 aromatic carbocycles. The molecule has 2 rings (SSSR count). The van der Waals surface area contributed by atoms with Gasteiger partial charge in [0, 0.05) is 23.6 Å². The van der Waals surface area contributed by atoms with Crippen LogP contribution in [0.15, 0.2) is 52.0 Å². The number of hydrogen-bond donors (Lipinski definition) is 0. The fraction of sp³-hybridized carbons (Fsp3) is 0.0833. The van der Waals surface area contributed by atoms with Crippen molar-refractivity contribution in [3.05, 3.63) is 63.0 Å². The fourth-order valence-corrected chi connectivity index (χ4v) is 1.96. The van der Waals surface area contributed by atoms with Crippen molar-refractivity contribution in [2.24, 2.45) is 0 Å². The van der Waals surface area contributed by atoms with Gasteiger partial charge < -0.3 is 4.57 Å². The van der Waals surface area contributed by atoms with Gasteiger partial charge in [0.15, 0.2) is 5.43 Å². The first-order chi connectivity index (χ1) is 7.18. The van der Waals surface area contributed by atoms with Gasteiger partial charge in [-0.15, -0.1) is 0 Å². The van der Waals surface area contributed by atoms with E-state index in [0.29, 0.717) is 4.47 Å². The lowest BCUT2D eigenvalue weighted by molar-refractivity contribution is 1.01. The highest BCUT2D eigenvalue weighted by atomic mass is 79.9. The predicted molar refractivity (Wildman–Crippen MR) is 64.5 cm³/mol. The van der Waals surface area contributed by atoms with Crippen LogP contribution in [0.3, 0.4) is 0 Å². The predicted octanol–water partition coefficient (Wildman–Crippen LogP) is 2.91. The van der Waals surface area contributed by atoms with Crippen LogP contribution in [0.4, 0.5) is 0 Å². The maximum Gasteiger partial charge on any atom is 0.198 e. The highest BCUT2D eigenvalue weighted by molar-refractivity contribution is 9.10. The summed E-state index contributed by atoms with van der Waals surface area (Å²) in [5.74, 6) is 0. The van der Waals surface area contributed by atoms with Crippen LogP contribution in [0, 0.1) is 6.92 Å². The summed E-state index contributed by atoms with van der Waals surface area (Å²) in [4.78, 5) is 11.5.